The molecule has 1 aromatic rings. The lowest BCUT2D eigenvalue weighted by atomic mass is 9.86. The number of phenols is 1. The number of hydrogen-bond acceptors (Lipinski definition) is 3. The van der Waals surface area contributed by atoms with Crippen LogP contribution < -0.4 is 11.1 Å². The van der Waals surface area contributed by atoms with Gasteiger partial charge in [0.2, 0.25) is 5.91 Å². The summed E-state index contributed by atoms with van der Waals surface area (Å²) < 4.78 is 13.1. The SMILES string of the molecule is NC1CCC(C(=O)Nc2ccc(O)c(F)c2)CC1. The third-order valence-electron chi connectivity index (χ3n) is 3.36. The molecule has 0 heterocycles. The van der Waals surface area contributed by atoms with Crippen LogP contribution in [0.2, 0.25) is 0 Å². The Bertz CT molecular complexity index is 443. The molecule has 0 atom stereocenters. The molecule has 1 aromatic carbocycles. The summed E-state index contributed by atoms with van der Waals surface area (Å²) in [6.07, 6.45) is 3.24. The molecule has 1 aliphatic rings. The maximum absolute atomic E-state index is 13.1. The number of nitrogens with two attached hydrogens (primary N) is 1. The molecule has 0 unspecified atom stereocenters. The molecule has 18 heavy (non-hydrogen) atoms. The average Bonchev–Trinajstić information content (AvgIpc) is 2.34. The number of anilines is 1. The zero-order valence-corrected chi connectivity index (χ0v) is 10.0. The molecule has 0 radical (unpaired) electrons. The number of halogens is 1. The fourth-order valence-electron chi connectivity index (χ4n) is 2.21. The zero-order chi connectivity index (χ0) is 13.1. The minimum Gasteiger partial charge on any atom is -0.505 e. The molecule has 5 heteroatoms. The van der Waals surface area contributed by atoms with E-state index in [4.69, 9.17) is 10.8 Å². The molecule has 1 fully saturated rings. The highest BCUT2D eigenvalue weighted by Crippen LogP contribution is 2.25. The molecule has 0 aromatic heterocycles. The Morgan fingerprint density at radius 3 is 2.61 bits per heavy atom. The predicted molar refractivity (Wildman–Crippen MR) is 66.6 cm³/mol. The molecular weight excluding hydrogens is 235 g/mol. The molecule has 1 aliphatic carbocycles. The molecule has 0 spiro atoms. The van der Waals surface area contributed by atoms with Gasteiger partial charge >= 0.3 is 0 Å². The summed E-state index contributed by atoms with van der Waals surface area (Å²) >= 11 is 0. The first-order valence-corrected chi connectivity index (χ1v) is 6.11. The number of aromatic hydroxyl groups is 1. The van der Waals surface area contributed by atoms with Gasteiger partial charge in [0, 0.05) is 23.7 Å². The summed E-state index contributed by atoms with van der Waals surface area (Å²) in [5.74, 6) is -1.32. The van der Waals surface area contributed by atoms with Gasteiger partial charge in [-0.3, -0.25) is 4.79 Å². The van der Waals surface area contributed by atoms with Crippen LogP contribution in [0.25, 0.3) is 0 Å². The first-order valence-electron chi connectivity index (χ1n) is 6.11. The van der Waals surface area contributed by atoms with Gasteiger partial charge in [-0.2, -0.15) is 0 Å². The fraction of sp³-hybridized carbons (Fsp3) is 0.462. The summed E-state index contributed by atoms with van der Waals surface area (Å²) in [6, 6.07) is 4.01. The lowest BCUT2D eigenvalue weighted by Crippen LogP contribution is -2.32. The minimum absolute atomic E-state index is 0.0540. The molecule has 98 valence electrons. The highest BCUT2D eigenvalue weighted by Gasteiger charge is 2.24. The van der Waals surface area contributed by atoms with Gasteiger partial charge in [0.25, 0.3) is 0 Å². The number of nitrogens with one attached hydrogen (secondary N) is 1. The van der Waals surface area contributed by atoms with Crippen molar-refractivity contribution in [3.63, 3.8) is 0 Å². The van der Waals surface area contributed by atoms with Gasteiger partial charge in [0.15, 0.2) is 11.6 Å². The second-order valence-electron chi connectivity index (χ2n) is 4.77. The van der Waals surface area contributed by atoms with E-state index in [2.05, 4.69) is 5.32 Å². The molecule has 0 saturated heterocycles. The van der Waals surface area contributed by atoms with Gasteiger partial charge in [-0.25, -0.2) is 4.39 Å². The summed E-state index contributed by atoms with van der Waals surface area (Å²) in [5, 5.41) is 11.7. The molecule has 0 bridgehead atoms. The maximum Gasteiger partial charge on any atom is 0.227 e. The van der Waals surface area contributed by atoms with Crippen molar-refractivity contribution in [3.8, 4) is 5.75 Å². The first-order chi connectivity index (χ1) is 8.56. The molecule has 2 rings (SSSR count). The monoisotopic (exact) mass is 252 g/mol. The van der Waals surface area contributed by atoms with Gasteiger partial charge in [-0.1, -0.05) is 0 Å². The Morgan fingerprint density at radius 2 is 2.00 bits per heavy atom. The summed E-state index contributed by atoms with van der Waals surface area (Å²) in [6.45, 7) is 0. The van der Waals surface area contributed by atoms with E-state index in [-0.39, 0.29) is 17.9 Å². The molecule has 4 N–H and O–H groups in total. The fourth-order valence-corrected chi connectivity index (χ4v) is 2.21. The van der Waals surface area contributed by atoms with Gasteiger partial charge in [0.1, 0.15) is 0 Å². The van der Waals surface area contributed by atoms with Gasteiger partial charge in [-0.05, 0) is 37.8 Å². The number of hydrogen-bond donors (Lipinski definition) is 3. The Balaban J connectivity index is 1.96. The second-order valence-corrected chi connectivity index (χ2v) is 4.77. The highest BCUT2D eigenvalue weighted by atomic mass is 19.1. The lowest BCUT2D eigenvalue weighted by Gasteiger charge is -2.25. The predicted octanol–water partition coefficient (Wildman–Crippen LogP) is 1.99. The van der Waals surface area contributed by atoms with E-state index in [1.807, 2.05) is 0 Å². The van der Waals surface area contributed by atoms with Crippen LogP contribution in [0.4, 0.5) is 10.1 Å². The molecule has 1 amide bonds. The number of carbonyl (C=O) groups excluding carboxylic acids is 1. The molecule has 1 saturated carbocycles. The van der Waals surface area contributed by atoms with Crippen LogP contribution >= 0.6 is 0 Å². The van der Waals surface area contributed by atoms with Crippen molar-refractivity contribution in [3.05, 3.63) is 24.0 Å². The molecule has 0 aliphatic heterocycles. The van der Waals surface area contributed by atoms with E-state index in [9.17, 15) is 9.18 Å². The van der Waals surface area contributed by atoms with Gasteiger partial charge in [0.05, 0.1) is 0 Å². The van der Waals surface area contributed by atoms with E-state index < -0.39 is 11.6 Å². The summed E-state index contributed by atoms with van der Waals surface area (Å²) in [7, 11) is 0. The van der Waals surface area contributed by atoms with Crippen LogP contribution in [0, 0.1) is 11.7 Å². The van der Waals surface area contributed by atoms with Crippen molar-refractivity contribution in [1.29, 1.82) is 0 Å². The van der Waals surface area contributed by atoms with Crippen LogP contribution in [0.3, 0.4) is 0 Å². The third kappa shape index (κ3) is 2.98. The number of phenolic OH excluding ortho intramolecular Hbond substituents is 1. The average molecular weight is 252 g/mol. The summed E-state index contributed by atoms with van der Waals surface area (Å²) in [5.41, 5.74) is 6.14. The van der Waals surface area contributed by atoms with Crippen molar-refractivity contribution in [1.82, 2.24) is 0 Å². The largest absolute Gasteiger partial charge is 0.505 e. The van der Waals surface area contributed by atoms with E-state index in [0.29, 0.717) is 5.69 Å². The maximum atomic E-state index is 13.1. The number of amides is 1. The van der Waals surface area contributed by atoms with Crippen LogP contribution in [-0.4, -0.2) is 17.1 Å². The van der Waals surface area contributed by atoms with Crippen molar-refractivity contribution in [2.24, 2.45) is 11.7 Å². The Morgan fingerprint density at radius 1 is 1.33 bits per heavy atom. The van der Waals surface area contributed by atoms with Crippen molar-refractivity contribution >= 4 is 11.6 Å². The number of rotatable bonds is 2. The Kier molecular flexibility index (Phi) is 3.81. The van der Waals surface area contributed by atoms with Gasteiger partial charge in [-0.15, -0.1) is 0 Å². The minimum atomic E-state index is -0.738. The van der Waals surface area contributed by atoms with Crippen molar-refractivity contribution in [2.45, 2.75) is 31.7 Å². The molecule has 4 nitrogen and oxygen atoms in total. The Labute approximate surface area is 105 Å². The van der Waals surface area contributed by atoms with E-state index in [0.717, 1.165) is 31.7 Å². The van der Waals surface area contributed by atoms with E-state index in [1.165, 1.54) is 12.1 Å². The summed E-state index contributed by atoms with van der Waals surface area (Å²) in [4.78, 5) is 11.9. The van der Waals surface area contributed by atoms with Crippen molar-refractivity contribution < 1.29 is 14.3 Å². The van der Waals surface area contributed by atoms with E-state index >= 15 is 0 Å². The quantitative estimate of drug-likeness (QED) is 0.704. The van der Waals surface area contributed by atoms with Crippen LogP contribution in [0.15, 0.2) is 18.2 Å². The van der Waals surface area contributed by atoms with Crippen LogP contribution in [0.1, 0.15) is 25.7 Å². The first kappa shape index (κ1) is 12.8. The highest BCUT2D eigenvalue weighted by molar-refractivity contribution is 5.92. The number of benzene rings is 1. The lowest BCUT2D eigenvalue weighted by molar-refractivity contribution is -0.120. The standard InChI is InChI=1S/C13H17FN2O2/c14-11-7-10(5-6-12(11)17)16-13(18)8-1-3-9(15)4-2-8/h5-9,17H,1-4,15H2,(H,16,18). The normalized spacial score (nSPS) is 23.7. The Hall–Kier alpha value is -1.62. The molecular formula is C13H17FN2O2. The van der Waals surface area contributed by atoms with Crippen molar-refractivity contribution in [2.75, 3.05) is 5.32 Å². The van der Waals surface area contributed by atoms with Crippen LogP contribution in [0.5, 0.6) is 5.75 Å². The smallest absolute Gasteiger partial charge is 0.227 e. The second kappa shape index (κ2) is 5.35. The van der Waals surface area contributed by atoms with Crippen LogP contribution in [-0.2, 0) is 4.79 Å². The van der Waals surface area contributed by atoms with E-state index in [1.54, 1.807) is 0 Å². The van der Waals surface area contributed by atoms with Gasteiger partial charge < -0.3 is 16.2 Å². The third-order valence-corrected chi connectivity index (χ3v) is 3.36. The zero-order valence-electron chi connectivity index (χ0n) is 10.0. The topological polar surface area (TPSA) is 75.4 Å². The number of carbonyl (C=O) groups is 1.